The van der Waals surface area contributed by atoms with Crippen LogP contribution >= 0.6 is 0 Å². The Balaban J connectivity index is 0. The molecule has 1 rings (SSSR count). The first-order valence-corrected chi connectivity index (χ1v) is 6.10. The Hall–Kier alpha value is -0.320. The maximum Gasteiger partial charge on any atom is 1.00 e. The zero-order valence-corrected chi connectivity index (χ0v) is 11.7. The standard InChI is InChI=1S/C12H23NO3.ClH/c1-4-15-8-7-13-6-5-12(10(2)9-13)16-11(3)14;/h10,12H,4-9H2,1-3H3;1H. The largest absolute Gasteiger partial charge is 1.00 e. The number of carbonyl (C=O) groups excluding carboxylic acids is 1. The fraction of sp³-hybridized carbons (Fsp3) is 0.917. The van der Waals surface area contributed by atoms with Crippen molar-refractivity contribution in [2.24, 2.45) is 5.92 Å². The normalized spacial score (nSPS) is 25.1. The fourth-order valence-electron chi connectivity index (χ4n) is 2.14. The first-order chi connectivity index (χ1) is 7.63. The van der Waals surface area contributed by atoms with Gasteiger partial charge in [0.1, 0.15) is 6.10 Å². The highest BCUT2D eigenvalue weighted by Crippen LogP contribution is 2.19. The smallest absolute Gasteiger partial charge is 1.00 e. The molecule has 0 aromatic rings. The zero-order valence-electron chi connectivity index (χ0n) is 11.9. The van der Waals surface area contributed by atoms with Gasteiger partial charge in [0.15, 0.2) is 0 Å². The van der Waals surface area contributed by atoms with Gasteiger partial charge in [0.05, 0.1) is 6.61 Å². The molecule has 2 unspecified atom stereocenters. The molecule has 17 heavy (non-hydrogen) atoms. The predicted octanol–water partition coefficient (Wildman–Crippen LogP) is -1.59. The van der Waals surface area contributed by atoms with Crippen LogP contribution in [0, 0.1) is 5.92 Å². The Morgan fingerprint density at radius 1 is 1.53 bits per heavy atom. The van der Waals surface area contributed by atoms with Crippen molar-refractivity contribution in [1.29, 1.82) is 0 Å². The van der Waals surface area contributed by atoms with Crippen LogP contribution in [0.2, 0.25) is 0 Å². The highest BCUT2D eigenvalue weighted by molar-refractivity contribution is 5.66. The van der Waals surface area contributed by atoms with E-state index in [4.69, 9.17) is 9.47 Å². The maximum absolute atomic E-state index is 10.9. The number of hydrogen-bond acceptors (Lipinski definition) is 4. The Morgan fingerprint density at radius 3 is 2.76 bits per heavy atom. The number of piperidine rings is 1. The van der Waals surface area contributed by atoms with Crippen LogP contribution in [0.25, 0.3) is 0 Å². The molecule has 0 saturated carbocycles. The van der Waals surface area contributed by atoms with Gasteiger partial charge >= 0.3 is 7.40 Å². The van der Waals surface area contributed by atoms with Crippen molar-refractivity contribution in [3.8, 4) is 0 Å². The predicted molar refractivity (Wildman–Crippen MR) is 63.4 cm³/mol. The summed E-state index contributed by atoms with van der Waals surface area (Å²) in [5.41, 5.74) is 0. The summed E-state index contributed by atoms with van der Waals surface area (Å²) in [6.07, 6.45) is 1.04. The number of halogens is 1. The summed E-state index contributed by atoms with van der Waals surface area (Å²) in [6, 6.07) is 0. The fourth-order valence-corrected chi connectivity index (χ4v) is 2.14. The van der Waals surface area contributed by atoms with Crippen LogP contribution in [0.4, 0.5) is 0 Å². The number of carbonyl (C=O) groups is 1. The van der Waals surface area contributed by atoms with Crippen molar-refractivity contribution in [2.45, 2.75) is 33.3 Å². The summed E-state index contributed by atoms with van der Waals surface area (Å²) >= 11 is 0. The van der Waals surface area contributed by atoms with E-state index in [9.17, 15) is 4.79 Å². The molecule has 0 N–H and O–H groups in total. The first-order valence-electron chi connectivity index (χ1n) is 6.10. The molecule has 1 aliphatic rings. The molecule has 0 spiro atoms. The SMILES string of the molecule is CCOCCN1CCC(OC(C)=O)C(C)C1.[Cl-].[H+]. The molecule has 0 bridgehead atoms. The van der Waals surface area contributed by atoms with Crippen LogP contribution in [0.15, 0.2) is 0 Å². The van der Waals surface area contributed by atoms with E-state index < -0.39 is 0 Å². The highest BCUT2D eigenvalue weighted by atomic mass is 35.5. The molecule has 0 aliphatic carbocycles. The first kappa shape index (κ1) is 16.7. The Bertz CT molecular complexity index is 231. The van der Waals surface area contributed by atoms with Gasteiger partial charge in [0.2, 0.25) is 0 Å². The van der Waals surface area contributed by atoms with E-state index in [0.29, 0.717) is 5.92 Å². The van der Waals surface area contributed by atoms with Crippen molar-refractivity contribution in [1.82, 2.24) is 4.90 Å². The molecule has 0 amide bonds. The molecule has 4 nitrogen and oxygen atoms in total. The van der Waals surface area contributed by atoms with Crippen molar-refractivity contribution in [3.63, 3.8) is 0 Å². The average molecular weight is 266 g/mol. The van der Waals surface area contributed by atoms with E-state index in [-0.39, 0.29) is 25.9 Å². The zero-order chi connectivity index (χ0) is 12.0. The van der Waals surface area contributed by atoms with E-state index in [1.165, 1.54) is 6.92 Å². The van der Waals surface area contributed by atoms with Gasteiger partial charge in [-0.15, -0.1) is 0 Å². The van der Waals surface area contributed by atoms with Crippen LogP contribution in [0.1, 0.15) is 28.6 Å². The van der Waals surface area contributed by atoms with E-state index in [2.05, 4.69) is 11.8 Å². The second kappa shape index (κ2) is 8.72. The van der Waals surface area contributed by atoms with Crippen LogP contribution in [-0.4, -0.2) is 49.8 Å². The molecule has 0 radical (unpaired) electrons. The molecular formula is C12H24ClNO3. The maximum atomic E-state index is 10.9. The minimum absolute atomic E-state index is 0. The second-order valence-electron chi connectivity index (χ2n) is 4.41. The van der Waals surface area contributed by atoms with E-state index in [1.807, 2.05) is 6.92 Å². The van der Waals surface area contributed by atoms with Crippen LogP contribution in [-0.2, 0) is 14.3 Å². The minimum atomic E-state index is -0.167. The third kappa shape index (κ3) is 6.24. The molecule has 1 heterocycles. The molecule has 2 atom stereocenters. The summed E-state index contributed by atoms with van der Waals surface area (Å²) in [4.78, 5) is 13.3. The van der Waals surface area contributed by atoms with E-state index >= 15 is 0 Å². The lowest BCUT2D eigenvalue weighted by atomic mass is 9.96. The summed E-state index contributed by atoms with van der Waals surface area (Å²) < 4.78 is 10.6. The molecule has 1 saturated heterocycles. The van der Waals surface area contributed by atoms with Gasteiger partial charge in [0.25, 0.3) is 0 Å². The Kier molecular flexibility index (Phi) is 8.56. The van der Waals surface area contributed by atoms with Gasteiger partial charge in [0, 0.05) is 39.1 Å². The van der Waals surface area contributed by atoms with Crippen LogP contribution < -0.4 is 12.4 Å². The highest BCUT2D eigenvalue weighted by Gasteiger charge is 2.27. The minimum Gasteiger partial charge on any atom is -1.00 e. The number of hydrogen-bond donors (Lipinski definition) is 0. The van der Waals surface area contributed by atoms with Gasteiger partial charge in [-0.1, -0.05) is 6.92 Å². The number of esters is 1. The van der Waals surface area contributed by atoms with Crippen LogP contribution in [0.3, 0.4) is 0 Å². The molecule has 0 aromatic heterocycles. The summed E-state index contributed by atoms with van der Waals surface area (Å²) in [5.74, 6) is 0.249. The third-order valence-corrected chi connectivity index (χ3v) is 2.98. The summed E-state index contributed by atoms with van der Waals surface area (Å²) in [5, 5.41) is 0. The Morgan fingerprint density at radius 2 is 2.24 bits per heavy atom. The molecule has 0 aromatic carbocycles. The second-order valence-corrected chi connectivity index (χ2v) is 4.41. The van der Waals surface area contributed by atoms with Crippen LogP contribution in [0.5, 0.6) is 0 Å². The van der Waals surface area contributed by atoms with E-state index in [1.54, 1.807) is 0 Å². The lowest BCUT2D eigenvalue weighted by Crippen LogP contribution is -3.00. The molecule has 1 aliphatic heterocycles. The van der Waals surface area contributed by atoms with Gasteiger partial charge in [-0.25, -0.2) is 0 Å². The molecule has 1 fully saturated rings. The van der Waals surface area contributed by atoms with Gasteiger partial charge in [-0.05, 0) is 13.3 Å². The summed E-state index contributed by atoms with van der Waals surface area (Å²) in [6.45, 7) is 10.2. The van der Waals surface area contributed by atoms with Crippen molar-refractivity contribution < 1.29 is 28.1 Å². The lowest BCUT2D eigenvalue weighted by Gasteiger charge is -2.36. The molecule has 5 heteroatoms. The van der Waals surface area contributed by atoms with Crippen molar-refractivity contribution >= 4 is 5.97 Å². The van der Waals surface area contributed by atoms with Crippen molar-refractivity contribution in [2.75, 3.05) is 32.8 Å². The van der Waals surface area contributed by atoms with Gasteiger partial charge in [-0.2, -0.15) is 0 Å². The topological polar surface area (TPSA) is 38.8 Å². The van der Waals surface area contributed by atoms with Crippen molar-refractivity contribution in [3.05, 3.63) is 0 Å². The number of rotatable bonds is 5. The lowest BCUT2D eigenvalue weighted by molar-refractivity contribution is -0.151. The third-order valence-electron chi connectivity index (χ3n) is 2.98. The summed E-state index contributed by atoms with van der Waals surface area (Å²) in [7, 11) is 0. The number of nitrogens with zero attached hydrogens (tertiary/aromatic N) is 1. The van der Waals surface area contributed by atoms with E-state index in [0.717, 1.165) is 39.3 Å². The quantitative estimate of drug-likeness (QED) is 0.444. The monoisotopic (exact) mass is 265 g/mol. The molecule has 102 valence electrons. The van der Waals surface area contributed by atoms with Gasteiger partial charge < -0.3 is 26.8 Å². The Labute approximate surface area is 112 Å². The number of likely N-dealkylation sites (tertiary alicyclic amines) is 1. The average Bonchev–Trinajstić information content (AvgIpc) is 2.22. The van der Waals surface area contributed by atoms with Gasteiger partial charge in [-0.3, -0.25) is 4.79 Å². The number of ether oxygens (including phenoxy) is 2. The molecular weight excluding hydrogens is 242 g/mol.